The van der Waals surface area contributed by atoms with E-state index in [-0.39, 0.29) is 6.42 Å². The summed E-state index contributed by atoms with van der Waals surface area (Å²) in [6.07, 6.45) is 8.28. The molecule has 0 aliphatic rings. The zero-order valence-electron chi connectivity index (χ0n) is 10.7. The van der Waals surface area contributed by atoms with Gasteiger partial charge in [0.2, 0.25) is 0 Å². The van der Waals surface area contributed by atoms with E-state index in [9.17, 15) is 9.59 Å². The quantitative estimate of drug-likeness (QED) is 0.566. The number of carboxylic acids is 1. The van der Waals surface area contributed by atoms with Crippen molar-refractivity contribution in [1.29, 1.82) is 0 Å². The number of carboxylic acid groups (broad SMARTS) is 1. The molecule has 1 aromatic heterocycles. The van der Waals surface area contributed by atoms with Crippen LogP contribution in [-0.4, -0.2) is 38.7 Å². The predicted octanol–water partition coefficient (Wildman–Crippen LogP) is 0.116. The zero-order valence-corrected chi connectivity index (χ0v) is 10.7. The highest BCUT2D eigenvalue weighted by molar-refractivity contribution is 5.83. The molecule has 2 amide bonds. The van der Waals surface area contributed by atoms with E-state index in [0.29, 0.717) is 5.69 Å². The summed E-state index contributed by atoms with van der Waals surface area (Å²) in [5, 5.41) is 13.9. The second-order valence-corrected chi connectivity index (χ2v) is 4.54. The highest BCUT2D eigenvalue weighted by Gasteiger charge is 2.24. The summed E-state index contributed by atoms with van der Waals surface area (Å²) < 4.78 is 0. The number of urea groups is 1. The van der Waals surface area contributed by atoms with Gasteiger partial charge in [0, 0.05) is 18.3 Å². The van der Waals surface area contributed by atoms with Crippen molar-refractivity contribution in [2.75, 3.05) is 0 Å². The molecular formula is C12H16N4O3. The van der Waals surface area contributed by atoms with E-state index in [4.69, 9.17) is 11.5 Å². The summed E-state index contributed by atoms with van der Waals surface area (Å²) in [5.41, 5.74) is -0.231. The van der Waals surface area contributed by atoms with Crippen LogP contribution in [0.3, 0.4) is 0 Å². The van der Waals surface area contributed by atoms with Crippen molar-refractivity contribution in [2.24, 2.45) is 0 Å². The number of aromatic amines is 1. The lowest BCUT2D eigenvalue weighted by molar-refractivity contribution is -0.139. The van der Waals surface area contributed by atoms with Crippen LogP contribution < -0.4 is 10.6 Å². The topological polar surface area (TPSA) is 107 Å². The number of H-pyrrole nitrogens is 1. The zero-order chi connectivity index (χ0) is 14.5. The Morgan fingerprint density at radius 3 is 2.79 bits per heavy atom. The minimum absolute atomic E-state index is 0.110. The molecule has 0 radical (unpaired) electrons. The Kier molecular flexibility index (Phi) is 4.53. The molecule has 4 N–H and O–H groups in total. The molecule has 0 saturated carbocycles. The van der Waals surface area contributed by atoms with Crippen molar-refractivity contribution in [3.63, 3.8) is 0 Å². The summed E-state index contributed by atoms with van der Waals surface area (Å²) in [7, 11) is 0. The molecule has 1 atom stereocenters. The van der Waals surface area contributed by atoms with Gasteiger partial charge in [0.25, 0.3) is 0 Å². The van der Waals surface area contributed by atoms with Crippen molar-refractivity contribution in [2.45, 2.75) is 31.8 Å². The summed E-state index contributed by atoms with van der Waals surface area (Å²) >= 11 is 0. The number of imidazole rings is 1. The van der Waals surface area contributed by atoms with E-state index in [1.54, 1.807) is 13.8 Å². The van der Waals surface area contributed by atoms with E-state index in [1.165, 1.54) is 12.5 Å². The van der Waals surface area contributed by atoms with Gasteiger partial charge in [0.15, 0.2) is 0 Å². The van der Waals surface area contributed by atoms with Crippen LogP contribution >= 0.6 is 0 Å². The van der Waals surface area contributed by atoms with Gasteiger partial charge in [-0.3, -0.25) is 0 Å². The maximum absolute atomic E-state index is 11.7. The molecule has 1 heterocycles. The number of amides is 2. The molecule has 0 unspecified atom stereocenters. The number of carbonyl (C=O) groups excluding carboxylic acids is 1. The molecule has 0 fully saturated rings. The number of rotatable bonds is 5. The van der Waals surface area contributed by atoms with Gasteiger partial charge in [-0.05, 0) is 13.8 Å². The molecule has 7 heteroatoms. The number of aliphatic carboxylic acids is 1. The van der Waals surface area contributed by atoms with E-state index >= 15 is 0 Å². The van der Waals surface area contributed by atoms with Crippen LogP contribution in [0.2, 0.25) is 0 Å². The van der Waals surface area contributed by atoms with Crippen molar-refractivity contribution in [1.82, 2.24) is 20.6 Å². The Balaban J connectivity index is 2.62. The summed E-state index contributed by atoms with van der Waals surface area (Å²) in [5.74, 6) is 1.25. The number of terminal acetylenes is 1. The average Bonchev–Trinajstić information content (AvgIpc) is 2.80. The molecule has 0 aliphatic carbocycles. The SMILES string of the molecule is C#CC(C)(C)NC(=O)N[C@@H](Cc1cnc[nH]1)C(=O)O. The Hall–Kier alpha value is -2.49. The van der Waals surface area contributed by atoms with Gasteiger partial charge >= 0.3 is 12.0 Å². The predicted molar refractivity (Wildman–Crippen MR) is 68.3 cm³/mol. The fraction of sp³-hybridized carbons (Fsp3) is 0.417. The third-order valence-corrected chi connectivity index (χ3v) is 2.37. The van der Waals surface area contributed by atoms with Crippen LogP contribution in [0.15, 0.2) is 12.5 Å². The Morgan fingerprint density at radius 1 is 1.63 bits per heavy atom. The maximum atomic E-state index is 11.7. The molecule has 102 valence electrons. The molecule has 0 bridgehead atoms. The number of hydrogen-bond acceptors (Lipinski definition) is 3. The number of nitrogens with one attached hydrogen (secondary N) is 3. The van der Waals surface area contributed by atoms with Gasteiger partial charge in [0.05, 0.1) is 11.9 Å². The molecule has 0 spiro atoms. The van der Waals surface area contributed by atoms with Gasteiger partial charge in [-0.25, -0.2) is 14.6 Å². The highest BCUT2D eigenvalue weighted by Crippen LogP contribution is 2.01. The largest absolute Gasteiger partial charge is 0.480 e. The van der Waals surface area contributed by atoms with Crippen LogP contribution in [0.5, 0.6) is 0 Å². The van der Waals surface area contributed by atoms with Gasteiger partial charge in [-0.1, -0.05) is 5.92 Å². The van der Waals surface area contributed by atoms with E-state index in [2.05, 4.69) is 26.5 Å². The lowest BCUT2D eigenvalue weighted by atomic mass is 10.1. The summed E-state index contributed by atoms with van der Waals surface area (Å²) in [6, 6.07) is -1.69. The molecule has 1 rings (SSSR count). The third kappa shape index (κ3) is 4.71. The fourth-order valence-corrected chi connectivity index (χ4v) is 1.33. The first-order valence-electron chi connectivity index (χ1n) is 5.60. The molecule has 0 saturated heterocycles. The van der Waals surface area contributed by atoms with Crippen molar-refractivity contribution in [3.05, 3.63) is 18.2 Å². The van der Waals surface area contributed by atoms with Gasteiger partial charge < -0.3 is 20.7 Å². The Labute approximate surface area is 110 Å². The molecular weight excluding hydrogens is 248 g/mol. The van der Waals surface area contributed by atoms with Crippen molar-refractivity contribution in [3.8, 4) is 12.3 Å². The molecule has 19 heavy (non-hydrogen) atoms. The van der Waals surface area contributed by atoms with Gasteiger partial charge in [0.1, 0.15) is 6.04 Å². The lowest BCUT2D eigenvalue weighted by Crippen LogP contribution is -2.52. The third-order valence-electron chi connectivity index (χ3n) is 2.37. The summed E-state index contributed by atoms with van der Waals surface area (Å²) in [6.45, 7) is 3.27. The van der Waals surface area contributed by atoms with Gasteiger partial charge in [-0.15, -0.1) is 6.42 Å². The van der Waals surface area contributed by atoms with E-state index in [1.807, 2.05) is 0 Å². The second kappa shape index (κ2) is 5.91. The average molecular weight is 264 g/mol. The van der Waals surface area contributed by atoms with Crippen molar-refractivity contribution >= 4 is 12.0 Å². The Morgan fingerprint density at radius 2 is 2.32 bits per heavy atom. The van der Waals surface area contributed by atoms with Crippen LogP contribution in [0, 0.1) is 12.3 Å². The first-order valence-corrected chi connectivity index (χ1v) is 5.60. The van der Waals surface area contributed by atoms with Crippen molar-refractivity contribution < 1.29 is 14.7 Å². The maximum Gasteiger partial charge on any atom is 0.326 e. The van der Waals surface area contributed by atoms with E-state index in [0.717, 1.165) is 0 Å². The minimum atomic E-state index is -1.14. The van der Waals surface area contributed by atoms with Crippen LogP contribution in [0.1, 0.15) is 19.5 Å². The van der Waals surface area contributed by atoms with Crippen LogP contribution in [0.4, 0.5) is 4.79 Å². The number of aromatic nitrogens is 2. The van der Waals surface area contributed by atoms with Crippen LogP contribution in [-0.2, 0) is 11.2 Å². The van der Waals surface area contributed by atoms with Crippen LogP contribution in [0.25, 0.3) is 0 Å². The molecule has 7 nitrogen and oxygen atoms in total. The minimum Gasteiger partial charge on any atom is -0.480 e. The first-order chi connectivity index (χ1) is 8.84. The number of hydrogen-bond donors (Lipinski definition) is 4. The normalized spacial score (nSPS) is 12.3. The lowest BCUT2D eigenvalue weighted by Gasteiger charge is -2.22. The summed E-state index contributed by atoms with van der Waals surface area (Å²) in [4.78, 5) is 29.3. The van der Waals surface area contributed by atoms with E-state index < -0.39 is 23.6 Å². The molecule has 0 aliphatic heterocycles. The Bertz CT molecular complexity index is 488. The monoisotopic (exact) mass is 264 g/mol. The van der Waals surface area contributed by atoms with Gasteiger partial charge in [-0.2, -0.15) is 0 Å². The molecule has 1 aromatic rings. The smallest absolute Gasteiger partial charge is 0.326 e. The molecule has 0 aromatic carbocycles. The number of carbonyl (C=O) groups is 2. The fourth-order valence-electron chi connectivity index (χ4n) is 1.33. The standard InChI is InChI=1S/C12H16N4O3/c1-4-12(2,3)16-11(19)15-9(10(17)18)5-8-6-13-7-14-8/h1,6-7,9H,5H2,2-3H3,(H,13,14)(H,17,18)(H2,15,16,19)/t9-/m0/s1. The first kappa shape index (κ1) is 14.6. The second-order valence-electron chi connectivity index (χ2n) is 4.54. The number of nitrogens with zero attached hydrogens (tertiary/aromatic N) is 1. The highest BCUT2D eigenvalue weighted by atomic mass is 16.4.